The van der Waals surface area contributed by atoms with Crippen LogP contribution in [0.3, 0.4) is 0 Å². The molecule has 0 saturated carbocycles. The molecular formula is C16H20N2O5. The van der Waals surface area contributed by atoms with Crippen molar-refractivity contribution in [2.45, 2.75) is 26.2 Å². The number of nitrogens with zero attached hydrogens (tertiary/aromatic N) is 2. The predicted molar refractivity (Wildman–Crippen MR) is 85.2 cm³/mol. The number of carbonyl (C=O) groups is 1. The number of unbranched alkanes of at least 4 members (excludes halogenated alkanes) is 1. The number of phenolic OH excluding ortho intramolecular Hbond substituents is 1. The molecule has 124 valence electrons. The zero-order valence-electron chi connectivity index (χ0n) is 13.0. The van der Waals surface area contributed by atoms with E-state index in [0.717, 1.165) is 18.4 Å². The van der Waals surface area contributed by atoms with Gasteiger partial charge in [0.25, 0.3) is 0 Å². The van der Waals surface area contributed by atoms with Gasteiger partial charge in [-0.3, -0.25) is 10.1 Å². The smallest absolute Gasteiger partial charge is 0.410 e. The van der Waals surface area contributed by atoms with E-state index in [1.807, 2.05) is 13.0 Å². The van der Waals surface area contributed by atoms with Crippen molar-refractivity contribution in [2.75, 3.05) is 19.7 Å². The minimum Gasteiger partial charge on any atom is -0.502 e. The summed E-state index contributed by atoms with van der Waals surface area (Å²) in [6.07, 6.45) is 3.94. The lowest BCUT2D eigenvalue weighted by Gasteiger charge is -2.26. The first-order valence-electron chi connectivity index (χ1n) is 7.61. The third-order valence-corrected chi connectivity index (χ3v) is 3.73. The van der Waals surface area contributed by atoms with Gasteiger partial charge in [-0.05, 0) is 30.0 Å². The fourth-order valence-corrected chi connectivity index (χ4v) is 2.36. The van der Waals surface area contributed by atoms with Crippen molar-refractivity contribution in [3.8, 4) is 5.75 Å². The molecule has 23 heavy (non-hydrogen) atoms. The van der Waals surface area contributed by atoms with Crippen LogP contribution in [0.5, 0.6) is 5.75 Å². The third kappa shape index (κ3) is 4.21. The van der Waals surface area contributed by atoms with Gasteiger partial charge in [-0.25, -0.2) is 4.79 Å². The van der Waals surface area contributed by atoms with Crippen LogP contribution in [-0.2, 0) is 4.74 Å². The quantitative estimate of drug-likeness (QED) is 0.510. The van der Waals surface area contributed by atoms with Crippen LogP contribution >= 0.6 is 0 Å². The highest BCUT2D eigenvalue weighted by Crippen LogP contribution is 2.31. The third-order valence-electron chi connectivity index (χ3n) is 3.73. The molecule has 7 heteroatoms. The van der Waals surface area contributed by atoms with E-state index in [0.29, 0.717) is 31.7 Å². The Morgan fingerprint density at radius 2 is 2.26 bits per heavy atom. The monoisotopic (exact) mass is 320 g/mol. The van der Waals surface area contributed by atoms with E-state index < -0.39 is 4.92 Å². The van der Waals surface area contributed by atoms with Crippen molar-refractivity contribution in [1.29, 1.82) is 0 Å². The molecule has 1 N–H and O–H groups in total. The minimum absolute atomic E-state index is 0.315. The van der Waals surface area contributed by atoms with E-state index in [4.69, 9.17) is 4.74 Å². The van der Waals surface area contributed by atoms with E-state index in [-0.39, 0.29) is 17.5 Å². The molecule has 1 aliphatic rings. The normalized spacial score (nSPS) is 14.3. The van der Waals surface area contributed by atoms with Crippen molar-refractivity contribution in [3.05, 3.63) is 40.0 Å². The second-order valence-electron chi connectivity index (χ2n) is 5.35. The van der Waals surface area contributed by atoms with Crippen LogP contribution in [-0.4, -0.2) is 40.7 Å². The maximum atomic E-state index is 11.9. The molecule has 0 saturated heterocycles. The summed E-state index contributed by atoms with van der Waals surface area (Å²) in [5.74, 6) is -0.351. The summed E-state index contributed by atoms with van der Waals surface area (Å²) < 4.78 is 5.16. The van der Waals surface area contributed by atoms with Crippen molar-refractivity contribution in [2.24, 2.45) is 0 Å². The maximum Gasteiger partial charge on any atom is 0.410 e. The van der Waals surface area contributed by atoms with Gasteiger partial charge in [-0.15, -0.1) is 0 Å². The summed E-state index contributed by atoms with van der Waals surface area (Å²) in [4.78, 5) is 23.7. The zero-order valence-corrected chi connectivity index (χ0v) is 13.0. The predicted octanol–water partition coefficient (Wildman–Crippen LogP) is 3.33. The van der Waals surface area contributed by atoms with Crippen LogP contribution in [0.4, 0.5) is 10.5 Å². The number of ether oxygens (including phenoxy) is 1. The van der Waals surface area contributed by atoms with Gasteiger partial charge in [0.2, 0.25) is 0 Å². The number of amides is 1. The molecule has 0 unspecified atom stereocenters. The number of phenols is 1. The van der Waals surface area contributed by atoms with Gasteiger partial charge >= 0.3 is 11.8 Å². The van der Waals surface area contributed by atoms with Crippen LogP contribution < -0.4 is 0 Å². The number of nitro benzene ring substituents is 1. The number of carbonyl (C=O) groups excluding carboxylic acids is 1. The molecule has 0 fully saturated rings. The SMILES string of the molecule is CCCCOC(=O)N1CC=C(c2ccc(O)c([N+](=O)[O-])c2)CC1. The van der Waals surface area contributed by atoms with Crippen LogP contribution in [0.1, 0.15) is 31.7 Å². The fraction of sp³-hybridized carbons (Fsp3) is 0.438. The van der Waals surface area contributed by atoms with E-state index in [1.54, 1.807) is 11.0 Å². The molecule has 1 aliphatic heterocycles. The Kier molecular flexibility index (Phi) is 5.56. The zero-order chi connectivity index (χ0) is 16.8. The molecule has 0 aliphatic carbocycles. The number of benzene rings is 1. The molecule has 0 atom stereocenters. The molecule has 0 radical (unpaired) electrons. The van der Waals surface area contributed by atoms with E-state index in [1.165, 1.54) is 12.1 Å². The lowest BCUT2D eigenvalue weighted by molar-refractivity contribution is -0.385. The molecular weight excluding hydrogens is 300 g/mol. The van der Waals surface area contributed by atoms with Gasteiger partial charge in [-0.1, -0.05) is 25.5 Å². The first kappa shape index (κ1) is 16.8. The lowest BCUT2D eigenvalue weighted by atomic mass is 9.99. The van der Waals surface area contributed by atoms with E-state index in [2.05, 4.69) is 0 Å². The topological polar surface area (TPSA) is 92.9 Å². The van der Waals surface area contributed by atoms with Crippen molar-refractivity contribution < 1.29 is 19.6 Å². The Labute approximate surface area is 134 Å². The Hall–Kier alpha value is -2.57. The van der Waals surface area contributed by atoms with Gasteiger partial charge in [-0.2, -0.15) is 0 Å². The van der Waals surface area contributed by atoms with E-state index >= 15 is 0 Å². The van der Waals surface area contributed by atoms with Gasteiger partial charge in [0.05, 0.1) is 11.5 Å². The van der Waals surface area contributed by atoms with Crippen molar-refractivity contribution in [3.63, 3.8) is 0 Å². The maximum absolute atomic E-state index is 11.9. The number of hydrogen-bond donors (Lipinski definition) is 1. The number of hydrogen-bond acceptors (Lipinski definition) is 5. The summed E-state index contributed by atoms with van der Waals surface area (Å²) in [5, 5.41) is 20.4. The Morgan fingerprint density at radius 1 is 1.48 bits per heavy atom. The Balaban J connectivity index is 2.03. The molecule has 1 aromatic carbocycles. The molecule has 2 rings (SSSR count). The highest BCUT2D eigenvalue weighted by Gasteiger charge is 2.21. The van der Waals surface area contributed by atoms with Crippen LogP contribution in [0.15, 0.2) is 24.3 Å². The highest BCUT2D eigenvalue weighted by atomic mass is 16.6. The highest BCUT2D eigenvalue weighted by molar-refractivity contribution is 5.73. The first-order chi connectivity index (χ1) is 11.0. The summed E-state index contributed by atoms with van der Waals surface area (Å²) in [5.41, 5.74) is 1.30. The summed E-state index contributed by atoms with van der Waals surface area (Å²) in [7, 11) is 0. The largest absolute Gasteiger partial charge is 0.502 e. The van der Waals surface area contributed by atoms with Crippen molar-refractivity contribution in [1.82, 2.24) is 4.90 Å². The van der Waals surface area contributed by atoms with Gasteiger partial charge in [0.15, 0.2) is 5.75 Å². The van der Waals surface area contributed by atoms with Gasteiger partial charge in [0, 0.05) is 19.2 Å². The summed E-state index contributed by atoms with van der Waals surface area (Å²) in [6.45, 7) is 3.37. The van der Waals surface area contributed by atoms with Crippen molar-refractivity contribution >= 4 is 17.4 Å². The standard InChI is InChI=1S/C16H20N2O5/c1-2-3-10-23-16(20)17-8-6-12(7-9-17)13-4-5-15(19)14(11-13)18(21)22/h4-6,11,19H,2-3,7-10H2,1H3. The summed E-state index contributed by atoms with van der Waals surface area (Å²) in [6, 6.07) is 4.32. The number of nitro groups is 1. The second-order valence-corrected chi connectivity index (χ2v) is 5.35. The van der Waals surface area contributed by atoms with Crippen LogP contribution in [0.2, 0.25) is 0 Å². The minimum atomic E-state index is -0.611. The average molecular weight is 320 g/mol. The summed E-state index contributed by atoms with van der Waals surface area (Å²) >= 11 is 0. The number of aromatic hydroxyl groups is 1. The fourth-order valence-electron chi connectivity index (χ4n) is 2.36. The Bertz CT molecular complexity index is 627. The molecule has 0 aromatic heterocycles. The molecule has 0 bridgehead atoms. The number of rotatable bonds is 5. The van der Waals surface area contributed by atoms with Gasteiger partial charge < -0.3 is 14.7 Å². The lowest BCUT2D eigenvalue weighted by Crippen LogP contribution is -2.35. The Morgan fingerprint density at radius 3 is 2.87 bits per heavy atom. The molecule has 1 heterocycles. The molecule has 1 amide bonds. The molecule has 7 nitrogen and oxygen atoms in total. The molecule has 1 aromatic rings. The van der Waals surface area contributed by atoms with Crippen LogP contribution in [0, 0.1) is 10.1 Å². The van der Waals surface area contributed by atoms with E-state index in [9.17, 15) is 20.0 Å². The average Bonchev–Trinajstić information content (AvgIpc) is 2.55. The first-order valence-corrected chi connectivity index (χ1v) is 7.61. The van der Waals surface area contributed by atoms with Gasteiger partial charge in [0.1, 0.15) is 0 Å². The molecule has 0 spiro atoms. The van der Waals surface area contributed by atoms with Crippen LogP contribution in [0.25, 0.3) is 5.57 Å². The second kappa shape index (κ2) is 7.62.